The van der Waals surface area contributed by atoms with Crippen LogP contribution in [0.3, 0.4) is 0 Å². The summed E-state index contributed by atoms with van der Waals surface area (Å²) in [7, 11) is 5.37. The molecule has 1 aromatic carbocycles. The van der Waals surface area contributed by atoms with Gasteiger partial charge in [0.2, 0.25) is 0 Å². The minimum absolute atomic E-state index is 0.0909. The molecule has 7 nitrogen and oxygen atoms in total. The van der Waals surface area contributed by atoms with Crippen molar-refractivity contribution in [2.24, 2.45) is 0 Å². The Morgan fingerprint density at radius 2 is 1.90 bits per heavy atom. The highest BCUT2D eigenvalue weighted by molar-refractivity contribution is 6.46. The number of pyridine rings is 1. The number of nitrogens with zero attached hydrogens (tertiary/aromatic N) is 3. The number of aliphatic hydroxyl groups is 1. The number of methoxy groups -OCH3 is 1. The van der Waals surface area contributed by atoms with E-state index in [9.17, 15) is 14.7 Å². The van der Waals surface area contributed by atoms with E-state index in [1.807, 2.05) is 25.9 Å². The van der Waals surface area contributed by atoms with Crippen molar-refractivity contribution in [3.8, 4) is 5.75 Å². The number of ether oxygens (including phenoxy) is 1. The number of amides is 1. The number of aliphatic hydroxyl groups excluding tert-OH is 1. The molecule has 0 bridgehead atoms. The van der Waals surface area contributed by atoms with E-state index in [1.165, 1.54) is 4.90 Å². The van der Waals surface area contributed by atoms with Gasteiger partial charge in [0.1, 0.15) is 11.5 Å². The highest BCUT2D eigenvalue weighted by Crippen LogP contribution is 2.39. The topological polar surface area (TPSA) is 83.0 Å². The maximum atomic E-state index is 12.9. The smallest absolute Gasteiger partial charge is 0.295 e. The van der Waals surface area contributed by atoms with E-state index in [0.717, 1.165) is 11.1 Å². The van der Waals surface area contributed by atoms with Gasteiger partial charge < -0.3 is 19.6 Å². The summed E-state index contributed by atoms with van der Waals surface area (Å²) < 4.78 is 5.22. The van der Waals surface area contributed by atoms with Crippen molar-refractivity contribution in [3.63, 3.8) is 0 Å². The standard InChI is InChI=1S/C22H25N3O4/c1-14-13-16(29-4)5-6-17(14)20(26)18-19(15-7-9-23-10-8-15)25(12-11-24(2)3)22(28)21(18)27/h5-10,13,19,26H,11-12H2,1-4H3/b20-18+. The number of carbonyl (C=O) groups excluding carboxylic acids is 2. The van der Waals surface area contributed by atoms with Gasteiger partial charge in [-0.2, -0.15) is 0 Å². The van der Waals surface area contributed by atoms with E-state index in [1.54, 1.807) is 49.8 Å². The molecule has 1 aliphatic rings. The van der Waals surface area contributed by atoms with Gasteiger partial charge in [0, 0.05) is 31.0 Å². The number of aryl methyl sites for hydroxylation is 1. The Morgan fingerprint density at radius 1 is 1.21 bits per heavy atom. The Labute approximate surface area is 170 Å². The summed E-state index contributed by atoms with van der Waals surface area (Å²) in [6, 6.07) is 8.03. The van der Waals surface area contributed by atoms with Crippen molar-refractivity contribution in [3.05, 3.63) is 65.0 Å². The van der Waals surface area contributed by atoms with Crippen LogP contribution in [-0.4, -0.2) is 65.9 Å². The van der Waals surface area contributed by atoms with Crippen LogP contribution in [-0.2, 0) is 9.59 Å². The second-order valence-corrected chi connectivity index (χ2v) is 7.26. The van der Waals surface area contributed by atoms with Gasteiger partial charge in [-0.25, -0.2) is 0 Å². The third-order valence-electron chi connectivity index (χ3n) is 5.04. The van der Waals surface area contributed by atoms with Crippen molar-refractivity contribution in [2.45, 2.75) is 13.0 Å². The quantitative estimate of drug-likeness (QED) is 0.459. The maximum Gasteiger partial charge on any atom is 0.295 e. The molecule has 1 aliphatic heterocycles. The first-order valence-corrected chi connectivity index (χ1v) is 9.33. The van der Waals surface area contributed by atoms with Crippen LogP contribution in [0.2, 0.25) is 0 Å². The van der Waals surface area contributed by atoms with Gasteiger partial charge in [-0.05, 0) is 62.5 Å². The summed E-state index contributed by atoms with van der Waals surface area (Å²) in [5, 5.41) is 11.1. The van der Waals surface area contributed by atoms with Crippen LogP contribution in [0.15, 0.2) is 48.3 Å². The zero-order valence-electron chi connectivity index (χ0n) is 17.0. The molecule has 0 aliphatic carbocycles. The summed E-state index contributed by atoms with van der Waals surface area (Å²) in [4.78, 5) is 33.2. The molecule has 0 spiro atoms. The Kier molecular flexibility index (Phi) is 5.98. The molecule has 1 unspecified atom stereocenters. The summed E-state index contributed by atoms with van der Waals surface area (Å²) >= 11 is 0. The number of hydrogen-bond donors (Lipinski definition) is 1. The molecule has 1 N–H and O–H groups in total. The first-order chi connectivity index (χ1) is 13.8. The number of ketones is 1. The number of benzene rings is 1. The van der Waals surface area contributed by atoms with Crippen LogP contribution in [0.4, 0.5) is 0 Å². The van der Waals surface area contributed by atoms with Gasteiger partial charge in [0.25, 0.3) is 11.7 Å². The van der Waals surface area contributed by atoms with Gasteiger partial charge >= 0.3 is 0 Å². The molecule has 7 heteroatoms. The molecule has 3 rings (SSSR count). The van der Waals surface area contributed by atoms with Crippen LogP contribution >= 0.6 is 0 Å². The average Bonchev–Trinajstić information content (AvgIpc) is 2.97. The van der Waals surface area contributed by atoms with Gasteiger partial charge in [-0.15, -0.1) is 0 Å². The number of aromatic nitrogens is 1. The predicted octanol–water partition coefficient (Wildman–Crippen LogP) is 2.38. The zero-order chi connectivity index (χ0) is 21.1. The minimum atomic E-state index is -0.682. The number of carbonyl (C=O) groups is 2. The monoisotopic (exact) mass is 395 g/mol. The van der Waals surface area contributed by atoms with Crippen molar-refractivity contribution in [2.75, 3.05) is 34.3 Å². The largest absolute Gasteiger partial charge is 0.507 e. The fraction of sp³-hybridized carbons (Fsp3) is 0.318. The first-order valence-electron chi connectivity index (χ1n) is 9.33. The SMILES string of the molecule is COc1ccc(/C(O)=C2\C(=O)C(=O)N(CCN(C)C)C2c2ccncc2)c(C)c1. The molecule has 2 heterocycles. The summed E-state index contributed by atoms with van der Waals surface area (Å²) in [5.74, 6) is -0.825. The fourth-order valence-electron chi connectivity index (χ4n) is 3.48. The molecule has 29 heavy (non-hydrogen) atoms. The molecular weight excluding hydrogens is 370 g/mol. The highest BCUT2D eigenvalue weighted by Gasteiger charge is 2.46. The second-order valence-electron chi connectivity index (χ2n) is 7.26. The van der Waals surface area contributed by atoms with E-state index < -0.39 is 17.7 Å². The molecule has 0 radical (unpaired) electrons. The second kappa shape index (κ2) is 8.45. The lowest BCUT2D eigenvalue weighted by molar-refractivity contribution is -0.140. The molecule has 1 atom stereocenters. The fourth-order valence-corrected chi connectivity index (χ4v) is 3.48. The Bertz CT molecular complexity index is 954. The number of likely N-dealkylation sites (N-methyl/N-ethyl adjacent to an activating group) is 1. The van der Waals surface area contributed by atoms with E-state index in [4.69, 9.17) is 4.74 Å². The molecular formula is C22H25N3O4. The average molecular weight is 395 g/mol. The lowest BCUT2D eigenvalue weighted by Crippen LogP contribution is -2.35. The molecule has 1 amide bonds. The minimum Gasteiger partial charge on any atom is -0.507 e. The first kappa shape index (κ1) is 20.5. The van der Waals surface area contributed by atoms with Gasteiger partial charge in [-0.1, -0.05) is 0 Å². The van der Waals surface area contributed by atoms with Crippen LogP contribution in [0, 0.1) is 6.92 Å². The molecule has 0 saturated carbocycles. The van der Waals surface area contributed by atoms with E-state index in [-0.39, 0.29) is 11.3 Å². The number of rotatable bonds is 6. The number of likely N-dealkylation sites (tertiary alicyclic amines) is 1. The van der Waals surface area contributed by atoms with E-state index >= 15 is 0 Å². The van der Waals surface area contributed by atoms with Crippen LogP contribution in [0.25, 0.3) is 5.76 Å². The van der Waals surface area contributed by atoms with Crippen molar-refractivity contribution < 1.29 is 19.4 Å². The highest BCUT2D eigenvalue weighted by atomic mass is 16.5. The normalized spacial score (nSPS) is 18.5. The van der Waals surface area contributed by atoms with Gasteiger partial charge in [0.15, 0.2) is 0 Å². The zero-order valence-corrected chi connectivity index (χ0v) is 17.0. The lowest BCUT2D eigenvalue weighted by atomic mass is 9.94. The summed E-state index contributed by atoms with van der Waals surface area (Å²) in [6.45, 7) is 2.78. The van der Waals surface area contributed by atoms with E-state index in [2.05, 4.69) is 4.98 Å². The Morgan fingerprint density at radius 3 is 2.48 bits per heavy atom. The van der Waals surface area contributed by atoms with Crippen molar-refractivity contribution in [1.82, 2.24) is 14.8 Å². The number of Topliss-reactive ketones (excluding diaryl/α,β-unsaturated/α-hetero) is 1. The third kappa shape index (κ3) is 4.00. The molecule has 1 fully saturated rings. The molecule has 1 saturated heterocycles. The number of hydrogen-bond acceptors (Lipinski definition) is 6. The molecule has 1 aromatic heterocycles. The van der Waals surface area contributed by atoms with Gasteiger partial charge in [0.05, 0.1) is 18.7 Å². The Hall–Kier alpha value is -3.19. The van der Waals surface area contributed by atoms with E-state index in [0.29, 0.717) is 24.4 Å². The van der Waals surface area contributed by atoms with Crippen LogP contribution in [0.1, 0.15) is 22.7 Å². The third-order valence-corrected chi connectivity index (χ3v) is 5.04. The molecule has 2 aromatic rings. The van der Waals surface area contributed by atoms with Crippen molar-refractivity contribution in [1.29, 1.82) is 0 Å². The van der Waals surface area contributed by atoms with Crippen molar-refractivity contribution >= 4 is 17.4 Å². The maximum absolute atomic E-state index is 12.9. The summed E-state index contributed by atoms with van der Waals surface area (Å²) in [6.07, 6.45) is 3.22. The Balaban J connectivity index is 2.15. The van der Waals surface area contributed by atoms with Gasteiger partial charge in [-0.3, -0.25) is 14.6 Å². The van der Waals surface area contributed by atoms with Crippen LogP contribution < -0.4 is 4.74 Å². The molecule has 152 valence electrons. The van der Waals surface area contributed by atoms with Crippen LogP contribution in [0.5, 0.6) is 5.75 Å². The predicted molar refractivity (Wildman–Crippen MR) is 110 cm³/mol. The lowest BCUT2D eigenvalue weighted by Gasteiger charge is -2.26. The summed E-state index contributed by atoms with van der Waals surface area (Å²) in [5.41, 5.74) is 2.06.